The summed E-state index contributed by atoms with van der Waals surface area (Å²) in [4.78, 5) is 23.7. The van der Waals surface area contributed by atoms with E-state index in [0.29, 0.717) is 30.6 Å². The van der Waals surface area contributed by atoms with E-state index in [2.05, 4.69) is 24.6 Å². The highest BCUT2D eigenvalue weighted by molar-refractivity contribution is 5.76. The van der Waals surface area contributed by atoms with Gasteiger partial charge in [0.05, 0.1) is 0 Å². The third-order valence-corrected chi connectivity index (χ3v) is 5.63. The molecule has 1 saturated heterocycles. The van der Waals surface area contributed by atoms with Gasteiger partial charge in [-0.2, -0.15) is 4.98 Å². The minimum atomic E-state index is 0.177. The van der Waals surface area contributed by atoms with Crippen LogP contribution in [0.1, 0.15) is 43.8 Å². The fourth-order valence-electron chi connectivity index (χ4n) is 3.98. The van der Waals surface area contributed by atoms with E-state index in [4.69, 9.17) is 4.52 Å². The number of carbonyl (C=O) groups excluding carboxylic acids is 1. The van der Waals surface area contributed by atoms with Crippen LogP contribution >= 0.6 is 0 Å². The molecule has 1 aliphatic rings. The number of likely N-dealkylation sites (tertiary alicyclic amines) is 1. The highest BCUT2D eigenvalue weighted by atomic mass is 16.5. The van der Waals surface area contributed by atoms with E-state index in [1.807, 2.05) is 49.6 Å². The summed E-state index contributed by atoms with van der Waals surface area (Å²) in [5, 5.41) is 4.04. The molecule has 0 saturated carbocycles. The highest BCUT2D eigenvalue weighted by Gasteiger charge is 2.26. The molecule has 3 aromatic rings. The van der Waals surface area contributed by atoms with Crippen LogP contribution in [-0.2, 0) is 17.8 Å². The van der Waals surface area contributed by atoms with Crippen molar-refractivity contribution >= 4 is 5.91 Å². The van der Waals surface area contributed by atoms with Crippen molar-refractivity contribution in [1.29, 1.82) is 0 Å². The number of hydrogen-bond donors (Lipinski definition) is 0. The van der Waals surface area contributed by atoms with Crippen LogP contribution in [0.15, 0.2) is 47.2 Å². The average molecular weight is 393 g/mol. The zero-order chi connectivity index (χ0) is 20.1. The molecule has 2 aromatic heterocycles. The lowest BCUT2D eigenvalue weighted by Gasteiger charge is -2.36. The van der Waals surface area contributed by atoms with Gasteiger partial charge in [-0.1, -0.05) is 35.5 Å². The first-order chi connectivity index (χ1) is 14.2. The molecule has 0 spiro atoms. The number of aromatic nitrogens is 4. The van der Waals surface area contributed by atoms with E-state index in [9.17, 15) is 4.79 Å². The summed E-state index contributed by atoms with van der Waals surface area (Å²) in [6, 6.07) is 10.0. The molecule has 0 radical (unpaired) electrons. The van der Waals surface area contributed by atoms with Crippen LogP contribution in [0.5, 0.6) is 0 Å². The number of hydrogen-bond acceptors (Lipinski definition) is 5. The van der Waals surface area contributed by atoms with Crippen LogP contribution in [0.3, 0.4) is 0 Å². The largest absolute Gasteiger partial charge is 0.340 e. The lowest BCUT2D eigenvalue weighted by molar-refractivity contribution is -0.135. The summed E-state index contributed by atoms with van der Waals surface area (Å²) >= 11 is 0. The lowest BCUT2D eigenvalue weighted by atomic mass is 9.98. The van der Waals surface area contributed by atoms with Gasteiger partial charge in [-0.15, -0.1) is 0 Å². The highest BCUT2D eigenvalue weighted by Crippen LogP contribution is 2.22. The smallest absolute Gasteiger partial charge is 0.227 e. The Balaban J connectivity index is 1.33. The van der Waals surface area contributed by atoms with E-state index >= 15 is 0 Å². The van der Waals surface area contributed by atoms with Crippen molar-refractivity contribution in [3.05, 3.63) is 54.4 Å². The fraction of sp³-hybridized carbons (Fsp3) is 0.455. The lowest BCUT2D eigenvalue weighted by Crippen LogP contribution is -2.44. The van der Waals surface area contributed by atoms with Crippen molar-refractivity contribution in [3.8, 4) is 11.4 Å². The first-order valence-electron chi connectivity index (χ1n) is 10.4. The van der Waals surface area contributed by atoms with Crippen LogP contribution in [0, 0.1) is 6.92 Å². The molecule has 152 valence electrons. The molecule has 0 N–H and O–H groups in total. The maximum Gasteiger partial charge on any atom is 0.227 e. The molecular formula is C22H27N5O2. The standard InChI is InChI=1S/C22H27N5O2/c1-17-23-13-16-26(17)15-12-19-9-5-6-14-27(19)21(28)11-10-20-24-22(25-29-20)18-7-3-2-4-8-18/h2-4,7-8,13,16,19H,5-6,9-12,14-15H2,1H3/t19-/m0/s1. The maximum atomic E-state index is 12.9. The average Bonchev–Trinajstić information content (AvgIpc) is 3.40. The Morgan fingerprint density at radius 3 is 2.90 bits per heavy atom. The number of aryl methyl sites for hydroxylation is 3. The minimum Gasteiger partial charge on any atom is -0.340 e. The number of piperidine rings is 1. The number of rotatable bonds is 7. The summed E-state index contributed by atoms with van der Waals surface area (Å²) in [6.45, 7) is 3.74. The summed E-state index contributed by atoms with van der Waals surface area (Å²) in [6.07, 6.45) is 8.99. The summed E-state index contributed by atoms with van der Waals surface area (Å²) in [5.74, 6) is 2.28. The van der Waals surface area contributed by atoms with Gasteiger partial charge in [-0.3, -0.25) is 4.79 Å². The topological polar surface area (TPSA) is 77.1 Å². The second-order valence-electron chi connectivity index (χ2n) is 7.57. The Bertz CT molecular complexity index is 934. The van der Waals surface area contributed by atoms with E-state index in [-0.39, 0.29) is 5.91 Å². The Kier molecular flexibility index (Phi) is 6.03. The third-order valence-electron chi connectivity index (χ3n) is 5.63. The molecule has 4 rings (SSSR count). The molecule has 7 heteroatoms. The van der Waals surface area contributed by atoms with Crippen LogP contribution in [-0.4, -0.2) is 43.1 Å². The number of nitrogens with zero attached hydrogens (tertiary/aromatic N) is 5. The van der Waals surface area contributed by atoms with Crippen molar-refractivity contribution in [2.75, 3.05) is 6.54 Å². The molecule has 1 amide bonds. The monoisotopic (exact) mass is 393 g/mol. The third kappa shape index (κ3) is 4.72. The first-order valence-corrected chi connectivity index (χ1v) is 10.4. The Hall–Kier alpha value is -2.96. The molecule has 29 heavy (non-hydrogen) atoms. The second-order valence-corrected chi connectivity index (χ2v) is 7.57. The molecule has 0 unspecified atom stereocenters. The first kappa shape index (κ1) is 19.4. The molecule has 7 nitrogen and oxygen atoms in total. The predicted octanol–water partition coefficient (Wildman–Crippen LogP) is 3.65. The Labute approximate surface area is 170 Å². The van der Waals surface area contributed by atoms with Gasteiger partial charge in [-0.25, -0.2) is 4.98 Å². The molecule has 1 fully saturated rings. The molecule has 1 aromatic carbocycles. The van der Waals surface area contributed by atoms with Gasteiger partial charge in [0, 0.05) is 49.9 Å². The molecule has 0 aliphatic carbocycles. The fourth-order valence-corrected chi connectivity index (χ4v) is 3.98. The SMILES string of the molecule is Cc1nccn1CC[C@@H]1CCCCN1C(=O)CCc1nc(-c2ccccc2)no1. The van der Waals surface area contributed by atoms with Gasteiger partial charge in [-0.05, 0) is 32.6 Å². The predicted molar refractivity (Wildman–Crippen MR) is 109 cm³/mol. The zero-order valence-electron chi connectivity index (χ0n) is 16.8. The Morgan fingerprint density at radius 1 is 1.24 bits per heavy atom. The summed E-state index contributed by atoms with van der Waals surface area (Å²) < 4.78 is 7.50. The number of imidazole rings is 1. The van der Waals surface area contributed by atoms with Gasteiger partial charge in [0.2, 0.25) is 17.6 Å². The number of benzene rings is 1. The normalized spacial score (nSPS) is 16.9. The minimum absolute atomic E-state index is 0.177. The van der Waals surface area contributed by atoms with Crippen molar-refractivity contribution in [2.24, 2.45) is 0 Å². The summed E-state index contributed by atoms with van der Waals surface area (Å²) in [5.41, 5.74) is 0.916. The molecule has 0 bridgehead atoms. The van der Waals surface area contributed by atoms with Gasteiger partial charge < -0.3 is 14.0 Å². The van der Waals surface area contributed by atoms with Crippen LogP contribution < -0.4 is 0 Å². The molecule has 1 aliphatic heterocycles. The van der Waals surface area contributed by atoms with E-state index < -0.39 is 0 Å². The van der Waals surface area contributed by atoms with Crippen LogP contribution in [0.2, 0.25) is 0 Å². The van der Waals surface area contributed by atoms with Crippen molar-refractivity contribution < 1.29 is 9.32 Å². The van der Waals surface area contributed by atoms with Crippen LogP contribution in [0.25, 0.3) is 11.4 Å². The van der Waals surface area contributed by atoms with Crippen molar-refractivity contribution in [2.45, 2.75) is 58.0 Å². The van der Waals surface area contributed by atoms with Crippen molar-refractivity contribution in [1.82, 2.24) is 24.6 Å². The number of carbonyl (C=O) groups is 1. The second kappa shape index (κ2) is 9.03. The van der Waals surface area contributed by atoms with Gasteiger partial charge in [0.15, 0.2) is 0 Å². The summed E-state index contributed by atoms with van der Waals surface area (Å²) in [7, 11) is 0. The quantitative estimate of drug-likeness (QED) is 0.612. The van der Waals surface area contributed by atoms with E-state index in [1.165, 1.54) is 6.42 Å². The van der Waals surface area contributed by atoms with E-state index in [1.54, 1.807) is 0 Å². The zero-order valence-corrected chi connectivity index (χ0v) is 16.8. The van der Waals surface area contributed by atoms with Gasteiger partial charge in [0.25, 0.3) is 0 Å². The van der Waals surface area contributed by atoms with Crippen LogP contribution in [0.4, 0.5) is 0 Å². The molecule has 1 atom stereocenters. The van der Waals surface area contributed by atoms with E-state index in [0.717, 1.165) is 43.7 Å². The van der Waals surface area contributed by atoms with Gasteiger partial charge >= 0.3 is 0 Å². The van der Waals surface area contributed by atoms with Crippen molar-refractivity contribution in [3.63, 3.8) is 0 Å². The maximum absolute atomic E-state index is 12.9. The molecular weight excluding hydrogens is 366 g/mol. The molecule has 3 heterocycles. The Morgan fingerprint density at radius 2 is 2.10 bits per heavy atom. The van der Waals surface area contributed by atoms with Gasteiger partial charge in [0.1, 0.15) is 5.82 Å². The number of amides is 1.